The summed E-state index contributed by atoms with van der Waals surface area (Å²) in [5, 5.41) is 0.985. The lowest BCUT2D eigenvalue weighted by Gasteiger charge is -2.15. The van der Waals surface area contributed by atoms with Crippen LogP contribution in [0.2, 0.25) is 0 Å². The molecule has 0 unspecified atom stereocenters. The third kappa shape index (κ3) is 3.74. The van der Waals surface area contributed by atoms with Crippen molar-refractivity contribution in [1.29, 1.82) is 0 Å². The molecule has 0 radical (unpaired) electrons. The molecule has 0 atom stereocenters. The number of aryl methyl sites for hydroxylation is 3. The van der Waals surface area contributed by atoms with Crippen molar-refractivity contribution in [2.45, 2.75) is 27.7 Å². The van der Waals surface area contributed by atoms with Gasteiger partial charge in [-0.15, -0.1) is 0 Å². The Balaban J connectivity index is 2.01. The van der Waals surface area contributed by atoms with Crippen LogP contribution in [0.1, 0.15) is 23.6 Å². The van der Waals surface area contributed by atoms with Crippen LogP contribution in [0.5, 0.6) is 5.75 Å². The number of para-hydroxylation sites is 1. The van der Waals surface area contributed by atoms with E-state index in [1.165, 1.54) is 12.5 Å². The molecule has 0 amide bonds. The van der Waals surface area contributed by atoms with E-state index in [1.54, 1.807) is 0 Å². The summed E-state index contributed by atoms with van der Waals surface area (Å²) in [5.41, 5.74) is 6.65. The lowest BCUT2D eigenvalue weighted by atomic mass is 10.0. The van der Waals surface area contributed by atoms with Crippen LogP contribution < -0.4 is 4.74 Å². The van der Waals surface area contributed by atoms with Gasteiger partial charge in [-0.25, -0.2) is 9.97 Å². The fourth-order valence-electron chi connectivity index (χ4n) is 3.57. The number of benzene rings is 3. The lowest BCUT2D eigenvalue weighted by molar-refractivity contribution is -0.131. The molecule has 0 spiro atoms. The van der Waals surface area contributed by atoms with E-state index < -0.39 is 0 Å². The highest BCUT2D eigenvalue weighted by Gasteiger charge is 2.18. The molecular formula is C25H22N2O2. The molecular weight excluding hydrogens is 360 g/mol. The predicted molar refractivity (Wildman–Crippen MR) is 116 cm³/mol. The molecule has 4 nitrogen and oxygen atoms in total. The first-order chi connectivity index (χ1) is 13.9. The van der Waals surface area contributed by atoms with Crippen LogP contribution >= 0.6 is 0 Å². The van der Waals surface area contributed by atoms with E-state index >= 15 is 0 Å². The zero-order valence-corrected chi connectivity index (χ0v) is 17.0. The van der Waals surface area contributed by atoms with Crippen molar-refractivity contribution in [3.8, 4) is 28.4 Å². The number of hydrogen-bond donors (Lipinski definition) is 0. The van der Waals surface area contributed by atoms with E-state index in [-0.39, 0.29) is 5.97 Å². The van der Waals surface area contributed by atoms with Crippen molar-refractivity contribution < 1.29 is 9.53 Å². The Morgan fingerprint density at radius 2 is 1.59 bits per heavy atom. The van der Waals surface area contributed by atoms with Gasteiger partial charge in [0.05, 0.1) is 16.8 Å². The monoisotopic (exact) mass is 382 g/mol. The minimum absolute atomic E-state index is 0.365. The third-order valence-electron chi connectivity index (χ3n) is 4.85. The third-order valence-corrected chi connectivity index (χ3v) is 4.85. The van der Waals surface area contributed by atoms with Crippen molar-refractivity contribution in [1.82, 2.24) is 9.97 Å². The Labute approximate surface area is 170 Å². The molecule has 0 saturated carbocycles. The summed E-state index contributed by atoms with van der Waals surface area (Å²) < 4.78 is 5.52. The first kappa shape index (κ1) is 18.8. The van der Waals surface area contributed by atoms with Gasteiger partial charge in [0.25, 0.3) is 0 Å². The second-order valence-electron chi connectivity index (χ2n) is 7.33. The summed E-state index contributed by atoms with van der Waals surface area (Å²) in [4.78, 5) is 21.4. The molecule has 0 N–H and O–H groups in total. The molecule has 0 saturated heterocycles. The highest BCUT2D eigenvalue weighted by Crippen LogP contribution is 2.36. The van der Waals surface area contributed by atoms with Gasteiger partial charge in [0, 0.05) is 17.9 Å². The Hall–Kier alpha value is -3.53. The standard InChI is InChI=1S/C25H22N2O2/c1-15-9-11-19(12-10-15)24-20-7-5-6-8-21(20)26-25(27-24)23-17(3)13-16(2)14-22(23)29-18(4)28/h5-14H,1-4H3. The molecule has 4 aromatic rings. The van der Waals surface area contributed by atoms with Crippen molar-refractivity contribution in [2.24, 2.45) is 0 Å². The van der Waals surface area contributed by atoms with Crippen LogP contribution in [0.25, 0.3) is 33.5 Å². The van der Waals surface area contributed by atoms with Gasteiger partial charge < -0.3 is 4.74 Å². The molecule has 1 aromatic heterocycles. The molecule has 0 fully saturated rings. The van der Waals surface area contributed by atoms with E-state index in [0.29, 0.717) is 11.6 Å². The summed E-state index contributed by atoms with van der Waals surface area (Å²) in [6.07, 6.45) is 0. The average Bonchev–Trinajstić information content (AvgIpc) is 2.67. The Bertz CT molecular complexity index is 1230. The molecule has 29 heavy (non-hydrogen) atoms. The summed E-state index contributed by atoms with van der Waals surface area (Å²) in [5.74, 6) is 0.670. The van der Waals surface area contributed by atoms with Crippen molar-refractivity contribution in [3.05, 3.63) is 77.4 Å². The maximum absolute atomic E-state index is 11.7. The van der Waals surface area contributed by atoms with Gasteiger partial charge in [-0.3, -0.25) is 4.79 Å². The van der Waals surface area contributed by atoms with Crippen LogP contribution in [-0.4, -0.2) is 15.9 Å². The summed E-state index contributed by atoms with van der Waals surface area (Å²) >= 11 is 0. The number of ether oxygens (including phenoxy) is 1. The van der Waals surface area contributed by atoms with Gasteiger partial charge in [-0.05, 0) is 44.0 Å². The SMILES string of the molecule is CC(=O)Oc1cc(C)cc(C)c1-c1nc(-c2ccc(C)cc2)c2ccccc2n1. The first-order valence-corrected chi connectivity index (χ1v) is 9.56. The summed E-state index contributed by atoms with van der Waals surface area (Å²) in [6, 6.07) is 20.2. The molecule has 144 valence electrons. The van der Waals surface area contributed by atoms with Crippen molar-refractivity contribution in [3.63, 3.8) is 0 Å². The molecule has 4 heteroatoms. The highest BCUT2D eigenvalue weighted by atomic mass is 16.5. The van der Waals surface area contributed by atoms with Crippen LogP contribution in [0.3, 0.4) is 0 Å². The molecule has 1 heterocycles. The van der Waals surface area contributed by atoms with Gasteiger partial charge in [0.2, 0.25) is 0 Å². The molecule has 0 aliphatic heterocycles. The van der Waals surface area contributed by atoms with E-state index in [0.717, 1.165) is 38.9 Å². The molecule has 4 rings (SSSR count). The van der Waals surface area contributed by atoms with Gasteiger partial charge >= 0.3 is 5.97 Å². The summed E-state index contributed by atoms with van der Waals surface area (Å²) in [6.45, 7) is 7.43. The molecule has 0 aliphatic carbocycles. The average molecular weight is 382 g/mol. The number of esters is 1. The quantitative estimate of drug-likeness (QED) is 0.331. The zero-order chi connectivity index (χ0) is 20.5. The smallest absolute Gasteiger partial charge is 0.308 e. The molecule has 0 bridgehead atoms. The van der Waals surface area contributed by atoms with Gasteiger partial charge in [0.15, 0.2) is 5.82 Å². The second kappa shape index (κ2) is 7.47. The number of rotatable bonds is 3. The normalized spacial score (nSPS) is 10.9. The van der Waals surface area contributed by atoms with E-state index in [2.05, 4.69) is 31.2 Å². The topological polar surface area (TPSA) is 52.1 Å². The predicted octanol–water partition coefficient (Wildman–Crippen LogP) is 5.81. The minimum Gasteiger partial charge on any atom is -0.426 e. The van der Waals surface area contributed by atoms with Crippen molar-refractivity contribution in [2.75, 3.05) is 0 Å². The Kier molecular flexibility index (Phi) is 4.85. The van der Waals surface area contributed by atoms with Gasteiger partial charge in [-0.2, -0.15) is 0 Å². The van der Waals surface area contributed by atoms with Crippen LogP contribution in [0, 0.1) is 20.8 Å². The fourth-order valence-corrected chi connectivity index (χ4v) is 3.57. The maximum atomic E-state index is 11.7. The lowest BCUT2D eigenvalue weighted by Crippen LogP contribution is -2.05. The molecule has 0 aliphatic rings. The number of carbonyl (C=O) groups is 1. The number of nitrogens with zero attached hydrogens (tertiary/aromatic N) is 2. The number of hydrogen-bond acceptors (Lipinski definition) is 4. The van der Waals surface area contributed by atoms with Crippen molar-refractivity contribution >= 4 is 16.9 Å². The van der Waals surface area contributed by atoms with E-state index in [1.807, 2.05) is 50.2 Å². The Morgan fingerprint density at radius 1 is 0.862 bits per heavy atom. The number of aromatic nitrogens is 2. The van der Waals surface area contributed by atoms with Crippen LogP contribution in [0.4, 0.5) is 0 Å². The number of fused-ring (bicyclic) bond motifs is 1. The second-order valence-corrected chi connectivity index (χ2v) is 7.33. The van der Waals surface area contributed by atoms with Gasteiger partial charge in [-0.1, -0.05) is 54.1 Å². The van der Waals surface area contributed by atoms with Crippen LogP contribution in [-0.2, 0) is 4.79 Å². The fraction of sp³-hybridized carbons (Fsp3) is 0.160. The highest BCUT2D eigenvalue weighted by molar-refractivity contribution is 5.94. The number of carbonyl (C=O) groups excluding carboxylic acids is 1. The maximum Gasteiger partial charge on any atom is 0.308 e. The van der Waals surface area contributed by atoms with Crippen LogP contribution in [0.15, 0.2) is 60.7 Å². The zero-order valence-electron chi connectivity index (χ0n) is 17.0. The first-order valence-electron chi connectivity index (χ1n) is 9.56. The minimum atomic E-state index is -0.365. The van der Waals surface area contributed by atoms with E-state index in [9.17, 15) is 4.79 Å². The summed E-state index contributed by atoms with van der Waals surface area (Å²) in [7, 11) is 0. The molecule has 3 aromatic carbocycles. The van der Waals surface area contributed by atoms with E-state index in [4.69, 9.17) is 14.7 Å². The Morgan fingerprint density at radius 3 is 2.31 bits per heavy atom. The largest absolute Gasteiger partial charge is 0.426 e. The van der Waals surface area contributed by atoms with Gasteiger partial charge in [0.1, 0.15) is 5.75 Å².